The molecule has 0 bridgehead atoms. The lowest BCUT2D eigenvalue weighted by Gasteiger charge is -2.34. The molecule has 0 aliphatic carbocycles. The summed E-state index contributed by atoms with van der Waals surface area (Å²) in [6.45, 7) is 6.78. The van der Waals surface area contributed by atoms with Crippen LogP contribution in [0.1, 0.15) is 6.92 Å². The number of amides is 1. The van der Waals surface area contributed by atoms with Gasteiger partial charge in [-0.1, -0.05) is 0 Å². The molecule has 8 heteroatoms. The van der Waals surface area contributed by atoms with Crippen molar-refractivity contribution in [3.05, 3.63) is 12.4 Å². The molecular formula is C15H26N6O2. The molecule has 0 spiro atoms. The Kier molecular flexibility index (Phi) is 6.40. The maximum Gasteiger partial charge on any atom is 0.409 e. The van der Waals surface area contributed by atoms with E-state index < -0.39 is 0 Å². The minimum Gasteiger partial charge on any atom is -0.450 e. The van der Waals surface area contributed by atoms with E-state index in [1.54, 1.807) is 11.2 Å². The number of hydrogen-bond acceptors (Lipinski definition) is 7. The molecule has 1 aliphatic rings. The van der Waals surface area contributed by atoms with E-state index in [1.807, 2.05) is 27.1 Å². The van der Waals surface area contributed by atoms with Gasteiger partial charge < -0.3 is 24.8 Å². The molecule has 1 N–H and O–H groups in total. The van der Waals surface area contributed by atoms with Crippen molar-refractivity contribution in [2.45, 2.75) is 6.92 Å². The van der Waals surface area contributed by atoms with E-state index in [1.165, 1.54) is 0 Å². The van der Waals surface area contributed by atoms with Gasteiger partial charge in [-0.05, 0) is 21.0 Å². The molecule has 0 unspecified atom stereocenters. The molecule has 128 valence electrons. The van der Waals surface area contributed by atoms with Crippen LogP contribution in [0.25, 0.3) is 0 Å². The zero-order chi connectivity index (χ0) is 16.7. The van der Waals surface area contributed by atoms with Crippen LogP contribution in [0.2, 0.25) is 0 Å². The van der Waals surface area contributed by atoms with Crippen molar-refractivity contribution in [2.24, 2.45) is 0 Å². The van der Waals surface area contributed by atoms with Gasteiger partial charge in [0.1, 0.15) is 18.0 Å². The molecule has 0 atom stereocenters. The lowest BCUT2D eigenvalue weighted by atomic mass is 10.3. The summed E-state index contributed by atoms with van der Waals surface area (Å²) in [5.74, 6) is 1.71. The fourth-order valence-electron chi connectivity index (χ4n) is 2.36. The van der Waals surface area contributed by atoms with Crippen molar-refractivity contribution in [2.75, 3.05) is 70.2 Å². The van der Waals surface area contributed by atoms with Crippen LogP contribution in [0.15, 0.2) is 12.4 Å². The van der Waals surface area contributed by atoms with E-state index >= 15 is 0 Å². The summed E-state index contributed by atoms with van der Waals surface area (Å²) in [6.07, 6.45) is 1.34. The molecule has 2 rings (SSSR count). The molecule has 0 radical (unpaired) electrons. The Balaban J connectivity index is 1.87. The van der Waals surface area contributed by atoms with Crippen molar-refractivity contribution in [1.29, 1.82) is 0 Å². The SMILES string of the molecule is CCOC(=O)N1CCN(c2cc(NCCN(C)C)ncn2)CC1. The topological polar surface area (TPSA) is 73.8 Å². The van der Waals surface area contributed by atoms with Gasteiger partial charge in [-0.15, -0.1) is 0 Å². The van der Waals surface area contributed by atoms with Gasteiger partial charge in [0, 0.05) is 45.3 Å². The molecule has 1 aliphatic heterocycles. The number of hydrogen-bond donors (Lipinski definition) is 1. The predicted molar refractivity (Wildman–Crippen MR) is 89.9 cm³/mol. The van der Waals surface area contributed by atoms with E-state index in [9.17, 15) is 4.79 Å². The highest BCUT2D eigenvalue weighted by atomic mass is 16.6. The minimum atomic E-state index is -0.235. The van der Waals surface area contributed by atoms with Crippen LogP contribution >= 0.6 is 0 Å². The maximum atomic E-state index is 11.7. The Hall–Kier alpha value is -2.09. The van der Waals surface area contributed by atoms with Crippen molar-refractivity contribution >= 4 is 17.7 Å². The summed E-state index contributed by atoms with van der Waals surface area (Å²) in [5.41, 5.74) is 0. The van der Waals surface area contributed by atoms with Gasteiger partial charge in [-0.25, -0.2) is 14.8 Å². The van der Waals surface area contributed by atoms with Crippen LogP contribution < -0.4 is 10.2 Å². The van der Waals surface area contributed by atoms with E-state index in [0.717, 1.165) is 37.8 Å². The summed E-state index contributed by atoms with van der Waals surface area (Å²) in [7, 11) is 4.08. The van der Waals surface area contributed by atoms with Gasteiger partial charge in [0.25, 0.3) is 0 Å². The van der Waals surface area contributed by atoms with Gasteiger partial charge >= 0.3 is 6.09 Å². The fraction of sp³-hybridized carbons (Fsp3) is 0.667. The number of ether oxygens (including phenoxy) is 1. The lowest BCUT2D eigenvalue weighted by molar-refractivity contribution is 0.105. The van der Waals surface area contributed by atoms with Crippen LogP contribution in [0.5, 0.6) is 0 Å². The van der Waals surface area contributed by atoms with E-state index in [-0.39, 0.29) is 6.09 Å². The second kappa shape index (κ2) is 8.52. The molecule has 2 heterocycles. The summed E-state index contributed by atoms with van der Waals surface area (Å²) < 4.78 is 5.03. The van der Waals surface area contributed by atoms with Crippen LogP contribution in [0.3, 0.4) is 0 Å². The highest BCUT2D eigenvalue weighted by Gasteiger charge is 2.22. The first-order valence-electron chi connectivity index (χ1n) is 7.97. The number of carbonyl (C=O) groups is 1. The van der Waals surface area contributed by atoms with Crippen LogP contribution in [-0.2, 0) is 4.74 Å². The number of nitrogens with zero attached hydrogens (tertiary/aromatic N) is 5. The molecule has 1 aromatic rings. The van der Waals surface area contributed by atoms with E-state index in [2.05, 4.69) is 25.1 Å². The van der Waals surface area contributed by atoms with Gasteiger partial charge in [-0.3, -0.25) is 0 Å². The Bertz CT molecular complexity index is 502. The Morgan fingerprint density at radius 2 is 2.04 bits per heavy atom. The standard InChI is InChI=1S/C15H26N6O2/c1-4-23-15(22)21-9-7-20(8-10-21)14-11-13(17-12-18-14)16-5-6-19(2)3/h11-12H,4-10H2,1-3H3,(H,16,17,18). The van der Waals surface area contributed by atoms with Gasteiger partial charge in [0.2, 0.25) is 0 Å². The van der Waals surface area contributed by atoms with Crippen molar-refractivity contribution in [3.63, 3.8) is 0 Å². The van der Waals surface area contributed by atoms with Gasteiger partial charge in [0.05, 0.1) is 6.61 Å². The van der Waals surface area contributed by atoms with Crippen molar-refractivity contribution in [3.8, 4) is 0 Å². The van der Waals surface area contributed by atoms with E-state index in [4.69, 9.17) is 4.74 Å². The number of aromatic nitrogens is 2. The fourth-order valence-corrected chi connectivity index (χ4v) is 2.36. The summed E-state index contributed by atoms with van der Waals surface area (Å²) in [6, 6.07) is 1.95. The first kappa shape index (κ1) is 17.3. The third-order valence-electron chi connectivity index (χ3n) is 3.65. The molecule has 1 saturated heterocycles. The second-order valence-electron chi connectivity index (χ2n) is 5.66. The van der Waals surface area contributed by atoms with Gasteiger partial charge in [0.15, 0.2) is 0 Å². The molecule has 1 fully saturated rings. The Morgan fingerprint density at radius 1 is 1.30 bits per heavy atom. The molecule has 8 nitrogen and oxygen atoms in total. The molecule has 23 heavy (non-hydrogen) atoms. The van der Waals surface area contributed by atoms with Crippen LogP contribution in [-0.4, -0.2) is 85.8 Å². The number of piperazine rings is 1. The average Bonchev–Trinajstić information content (AvgIpc) is 2.55. The second-order valence-corrected chi connectivity index (χ2v) is 5.66. The Labute approximate surface area is 137 Å². The van der Waals surface area contributed by atoms with Crippen LogP contribution in [0.4, 0.5) is 16.4 Å². The monoisotopic (exact) mass is 322 g/mol. The van der Waals surface area contributed by atoms with Crippen LogP contribution in [0, 0.1) is 0 Å². The molecule has 0 aromatic carbocycles. The third kappa shape index (κ3) is 5.24. The molecule has 0 saturated carbocycles. The summed E-state index contributed by atoms with van der Waals surface area (Å²) >= 11 is 0. The smallest absolute Gasteiger partial charge is 0.409 e. The quantitative estimate of drug-likeness (QED) is 0.827. The normalized spacial score (nSPS) is 15.0. The number of likely N-dealkylation sites (N-methyl/N-ethyl adjacent to an activating group) is 1. The first-order chi connectivity index (χ1) is 11.1. The molecule has 1 amide bonds. The van der Waals surface area contributed by atoms with E-state index in [0.29, 0.717) is 19.7 Å². The summed E-state index contributed by atoms with van der Waals surface area (Å²) in [5, 5.41) is 3.30. The lowest BCUT2D eigenvalue weighted by Crippen LogP contribution is -2.49. The first-order valence-corrected chi connectivity index (χ1v) is 7.97. The highest BCUT2D eigenvalue weighted by Crippen LogP contribution is 2.16. The Morgan fingerprint density at radius 3 is 2.70 bits per heavy atom. The highest BCUT2D eigenvalue weighted by molar-refractivity contribution is 5.68. The number of carbonyl (C=O) groups excluding carboxylic acids is 1. The molecule has 1 aromatic heterocycles. The zero-order valence-electron chi connectivity index (χ0n) is 14.2. The zero-order valence-corrected chi connectivity index (χ0v) is 14.2. The number of rotatable bonds is 6. The minimum absolute atomic E-state index is 0.235. The van der Waals surface area contributed by atoms with Crippen molar-refractivity contribution < 1.29 is 9.53 Å². The maximum absolute atomic E-state index is 11.7. The average molecular weight is 322 g/mol. The summed E-state index contributed by atoms with van der Waals surface area (Å²) in [4.78, 5) is 26.3. The largest absolute Gasteiger partial charge is 0.450 e. The molecular weight excluding hydrogens is 296 g/mol. The van der Waals surface area contributed by atoms with Crippen molar-refractivity contribution in [1.82, 2.24) is 19.8 Å². The van der Waals surface area contributed by atoms with Gasteiger partial charge in [-0.2, -0.15) is 0 Å². The predicted octanol–water partition coefficient (Wildman–Crippen LogP) is 0.729. The number of nitrogens with one attached hydrogen (secondary N) is 1. The number of anilines is 2. The third-order valence-corrected chi connectivity index (χ3v) is 3.65.